The van der Waals surface area contributed by atoms with Gasteiger partial charge in [-0.2, -0.15) is 5.10 Å². The molecule has 20 heavy (non-hydrogen) atoms. The topological polar surface area (TPSA) is 74.3 Å². The van der Waals surface area contributed by atoms with Crippen molar-refractivity contribution in [2.24, 2.45) is 18.8 Å². The molecule has 2 saturated heterocycles. The standard InChI is InChI=1S/C14H24N4O2/c1-10-12(8-18(2)17-10)13(16-15)11-3-5-20-14(7-11)4-6-19-9-14/h8,11,13,16H,3-7,9,15H2,1-2H3. The summed E-state index contributed by atoms with van der Waals surface area (Å²) in [6.07, 6.45) is 5.07. The van der Waals surface area contributed by atoms with E-state index >= 15 is 0 Å². The Balaban J connectivity index is 1.80. The predicted molar refractivity (Wildman–Crippen MR) is 74.9 cm³/mol. The summed E-state index contributed by atoms with van der Waals surface area (Å²) in [5.41, 5.74) is 5.14. The Hall–Kier alpha value is -0.950. The lowest BCUT2D eigenvalue weighted by molar-refractivity contribution is -0.103. The van der Waals surface area contributed by atoms with Crippen molar-refractivity contribution >= 4 is 0 Å². The molecule has 2 fully saturated rings. The van der Waals surface area contributed by atoms with Crippen molar-refractivity contribution < 1.29 is 9.47 Å². The summed E-state index contributed by atoms with van der Waals surface area (Å²) in [6, 6.07) is 0.130. The van der Waals surface area contributed by atoms with E-state index < -0.39 is 0 Å². The number of aryl methyl sites for hydroxylation is 2. The molecule has 6 heteroatoms. The number of rotatable bonds is 3. The van der Waals surface area contributed by atoms with Crippen molar-refractivity contribution in [3.05, 3.63) is 17.5 Å². The average molecular weight is 280 g/mol. The number of ether oxygens (including phenoxy) is 2. The van der Waals surface area contributed by atoms with E-state index in [1.807, 2.05) is 18.7 Å². The van der Waals surface area contributed by atoms with Crippen LogP contribution in [-0.2, 0) is 16.5 Å². The van der Waals surface area contributed by atoms with E-state index in [4.69, 9.17) is 15.3 Å². The molecule has 3 heterocycles. The molecule has 2 aliphatic heterocycles. The molecule has 0 radical (unpaired) electrons. The van der Waals surface area contributed by atoms with Gasteiger partial charge in [-0.3, -0.25) is 16.0 Å². The molecule has 0 aliphatic carbocycles. The zero-order valence-corrected chi connectivity index (χ0v) is 12.3. The van der Waals surface area contributed by atoms with Gasteiger partial charge in [0.1, 0.15) is 0 Å². The highest BCUT2D eigenvalue weighted by Crippen LogP contribution is 2.41. The molecule has 112 valence electrons. The Bertz CT molecular complexity index is 468. The quantitative estimate of drug-likeness (QED) is 0.633. The molecule has 3 N–H and O–H groups in total. The van der Waals surface area contributed by atoms with E-state index in [-0.39, 0.29) is 11.6 Å². The first kappa shape index (κ1) is 14.0. The summed E-state index contributed by atoms with van der Waals surface area (Å²) < 4.78 is 13.4. The van der Waals surface area contributed by atoms with Crippen molar-refractivity contribution in [2.45, 2.75) is 37.8 Å². The summed E-state index contributed by atoms with van der Waals surface area (Å²) in [4.78, 5) is 0. The Labute approximate surface area is 119 Å². The van der Waals surface area contributed by atoms with Crippen LogP contribution in [0.5, 0.6) is 0 Å². The molecule has 3 atom stereocenters. The first-order valence-corrected chi connectivity index (χ1v) is 7.31. The SMILES string of the molecule is Cc1nn(C)cc1C(NN)C1CCOC2(CCOC2)C1. The minimum Gasteiger partial charge on any atom is -0.378 e. The normalized spacial score (nSPS) is 31.9. The van der Waals surface area contributed by atoms with Crippen LogP contribution in [0.15, 0.2) is 6.20 Å². The molecule has 0 aromatic carbocycles. The number of hydrogen-bond acceptors (Lipinski definition) is 5. The Morgan fingerprint density at radius 1 is 1.55 bits per heavy atom. The number of nitrogens with two attached hydrogens (primary N) is 1. The maximum absolute atomic E-state index is 6.01. The average Bonchev–Trinajstić information content (AvgIpc) is 2.99. The highest BCUT2D eigenvalue weighted by Gasteiger charge is 2.43. The third kappa shape index (κ3) is 2.48. The van der Waals surface area contributed by atoms with Gasteiger partial charge in [-0.15, -0.1) is 0 Å². The summed E-state index contributed by atoms with van der Waals surface area (Å²) >= 11 is 0. The van der Waals surface area contributed by atoms with Gasteiger partial charge in [0, 0.05) is 38.4 Å². The number of hydrogen-bond donors (Lipinski definition) is 2. The summed E-state index contributed by atoms with van der Waals surface area (Å²) in [6.45, 7) is 4.34. The molecule has 0 amide bonds. The third-order valence-electron chi connectivity index (χ3n) is 4.64. The molecule has 0 saturated carbocycles. The second-order valence-electron chi connectivity index (χ2n) is 6.07. The molecule has 1 spiro atoms. The van der Waals surface area contributed by atoms with Crippen LogP contribution >= 0.6 is 0 Å². The van der Waals surface area contributed by atoms with Gasteiger partial charge in [0.25, 0.3) is 0 Å². The number of aromatic nitrogens is 2. The summed E-state index contributed by atoms with van der Waals surface area (Å²) in [5, 5.41) is 4.43. The van der Waals surface area contributed by atoms with E-state index in [9.17, 15) is 0 Å². The molecule has 0 bridgehead atoms. The van der Waals surface area contributed by atoms with Crippen molar-refractivity contribution in [2.75, 3.05) is 19.8 Å². The van der Waals surface area contributed by atoms with Crippen LogP contribution in [0.1, 0.15) is 36.6 Å². The third-order valence-corrected chi connectivity index (χ3v) is 4.64. The first-order valence-electron chi connectivity index (χ1n) is 7.31. The van der Waals surface area contributed by atoms with E-state index in [0.29, 0.717) is 12.5 Å². The molecule has 3 rings (SSSR count). The van der Waals surface area contributed by atoms with Gasteiger partial charge >= 0.3 is 0 Å². The highest BCUT2D eigenvalue weighted by atomic mass is 16.6. The van der Waals surface area contributed by atoms with E-state index in [1.165, 1.54) is 5.56 Å². The second-order valence-corrected chi connectivity index (χ2v) is 6.07. The number of hydrazine groups is 1. The Morgan fingerprint density at radius 2 is 2.40 bits per heavy atom. The molecular formula is C14H24N4O2. The van der Waals surface area contributed by atoms with Crippen LogP contribution in [0, 0.1) is 12.8 Å². The summed E-state index contributed by atoms with van der Waals surface area (Å²) in [7, 11) is 1.94. The lowest BCUT2D eigenvalue weighted by atomic mass is 9.79. The van der Waals surface area contributed by atoms with Crippen molar-refractivity contribution in [3.8, 4) is 0 Å². The van der Waals surface area contributed by atoms with Gasteiger partial charge in [0.15, 0.2) is 0 Å². The van der Waals surface area contributed by atoms with E-state index in [0.717, 1.165) is 38.2 Å². The molecule has 3 unspecified atom stereocenters. The summed E-state index contributed by atoms with van der Waals surface area (Å²) in [5.74, 6) is 6.30. The van der Waals surface area contributed by atoms with Gasteiger partial charge in [-0.25, -0.2) is 0 Å². The molecule has 1 aromatic heterocycles. The van der Waals surface area contributed by atoms with Gasteiger partial charge in [-0.05, 0) is 25.7 Å². The van der Waals surface area contributed by atoms with Crippen molar-refractivity contribution in [1.29, 1.82) is 0 Å². The van der Waals surface area contributed by atoms with Gasteiger partial charge in [-0.1, -0.05) is 0 Å². The largest absolute Gasteiger partial charge is 0.378 e. The first-order chi connectivity index (χ1) is 9.63. The lowest BCUT2D eigenvalue weighted by Gasteiger charge is -2.40. The lowest BCUT2D eigenvalue weighted by Crippen LogP contribution is -2.45. The Kier molecular flexibility index (Phi) is 3.81. The molecule has 2 aliphatic rings. The molecule has 1 aromatic rings. The Morgan fingerprint density at radius 3 is 3.00 bits per heavy atom. The maximum atomic E-state index is 6.01. The van der Waals surface area contributed by atoms with Crippen LogP contribution in [-0.4, -0.2) is 35.2 Å². The minimum absolute atomic E-state index is 0.0892. The highest BCUT2D eigenvalue weighted by molar-refractivity contribution is 5.21. The predicted octanol–water partition coefficient (Wildman–Crippen LogP) is 0.819. The smallest absolute Gasteiger partial charge is 0.0940 e. The zero-order valence-electron chi connectivity index (χ0n) is 12.3. The fourth-order valence-corrected chi connectivity index (χ4v) is 3.62. The monoisotopic (exact) mass is 280 g/mol. The number of nitrogens with one attached hydrogen (secondary N) is 1. The van der Waals surface area contributed by atoms with Gasteiger partial charge in [0.2, 0.25) is 0 Å². The molecular weight excluding hydrogens is 256 g/mol. The van der Waals surface area contributed by atoms with Gasteiger partial charge in [0.05, 0.1) is 23.9 Å². The van der Waals surface area contributed by atoms with Crippen LogP contribution in [0.4, 0.5) is 0 Å². The zero-order chi connectivity index (χ0) is 14.2. The van der Waals surface area contributed by atoms with Crippen LogP contribution in [0.2, 0.25) is 0 Å². The second kappa shape index (κ2) is 5.44. The van der Waals surface area contributed by atoms with Gasteiger partial charge < -0.3 is 9.47 Å². The maximum Gasteiger partial charge on any atom is 0.0940 e. The number of nitrogens with zero attached hydrogens (tertiary/aromatic N) is 2. The van der Waals surface area contributed by atoms with Crippen molar-refractivity contribution in [1.82, 2.24) is 15.2 Å². The fraction of sp³-hybridized carbons (Fsp3) is 0.786. The van der Waals surface area contributed by atoms with Crippen molar-refractivity contribution in [3.63, 3.8) is 0 Å². The molecule has 6 nitrogen and oxygen atoms in total. The minimum atomic E-state index is -0.0892. The van der Waals surface area contributed by atoms with Crippen LogP contribution in [0.3, 0.4) is 0 Å². The van der Waals surface area contributed by atoms with Crippen LogP contribution < -0.4 is 11.3 Å². The van der Waals surface area contributed by atoms with Crippen LogP contribution in [0.25, 0.3) is 0 Å². The fourth-order valence-electron chi connectivity index (χ4n) is 3.62. The van der Waals surface area contributed by atoms with E-state index in [2.05, 4.69) is 16.7 Å². The van der Waals surface area contributed by atoms with E-state index in [1.54, 1.807) is 0 Å².